The molecule has 0 heterocycles. The quantitative estimate of drug-likeness (QED) is 0.521. The molecule has 0 aliphatic heterocycles. The van der Waals surface area contributed by atoms with Gasteiger partial charge in [-0.05, 0) is 50.1 Å². The number of hydrogen-bond acceptors (Lipinski definition) is 4. The van der Waals surface area contributed by atoms with Crippen molar-refractivity contribution in [2.45, 2.75) is 26.7 Å². The number of ether oxygens (including phenoxy) is 1. The number of carbonyl (C=O) groups is 1. The van der Waals surface area contributed by atoms with Gasteiger partial charge in [-0.1, -0.05) is 40.9 Å². The molecule has 6 nitrogen and oxygen atoms in total. The minimum absolute atomic E-state index is 0.141. The third-order valence-corrected chi connectivity index (χ3v) is 5.94. The standard InChI is InChI=1S/C21H26Cl2N2O4S/c1-15-6-7-20(16(2)11-15)29-10-8-24-21(26)5-4-9-25(30(3,27)28)19-13-17(22)12-18(23)14-19/h6-7,11-14H,4-5,8-10H2,1-3H3,(H,24,26). The maximum Gasteiger partial charge on any atom is 0.232 e. The van der Waals surface area contributed by atoms with Crippen LogP contribution in [0.25, 0.3) is 0 Å². The summed E-state index contributed by atoms with van der Waals surface area (Å²) in [7, 11) is -3.54. The molecule has 30 heavy (non-hydrogen) atoms. The Morgan fingerprint density at radius 2 is 1.77 bits per heavy atom. The van der Waals surface area contributed by atoms with Crippen LogP contribution in [0.1, 0.15) is 24.0 Å². The van der Waals surface area contributed by atoms with E-state index in [4.69, 9.17) is 27.9 Å². The van der Waals surface area contributed by atoms with Gasteiger partial charge >= 0.3 is 0 Å². The number of amides is 1. The van der Waals surface area contributed by atoms with E-state index in [0.29, 0.717) is 35.3 Å². The van der Waals surface area contributed by atoms with Gasteiger partial charge in [0.1, 0.15) is 12.4 Å². The first-order valence-electron chi connectivity index (χ1n) is 9.47. The molecule has 0 saturated carbocycles. The summed E-state index contributed by atoms with van der Waals surface area (Å²) in [6.45, 7) is 4.85. The molecule has 2 rings (SSSR count). The van der Waals surface area contributed by atoms with E-state index >= 15 is 0 Å². The Balaban J connectivity index is 1.80. The maximum atomic E-state index is 12.1. The van der Waals surface area contributed by atoms with Crippen LogP contribution in [0.15, 0.2) is 36.4 Å². The van der Waals surface area contributed by atoms with Gasteiger partial charge in [0.15, 0.2) is 0 Å². The van der Waals surface area contributed by atoms with Gasteiger partial charge < -0.3 is 10.1 Å². The fourth-order valence-corrected chi connectivity index (χ4v) is 4.42. The molecular formula is C21H26Cl2N2O4S. The van der Waals surface area contributed by atoms with Crippen LogP contribution >= 0.6 is 23.2 Å². The summed E-state index contributed by atoms with van der Waals surface area (Å²) in [6.07, 6.45) is 1.64. The summed E-state index contributed by atoms with van der Waals surface area (Å²) in [5.74, 6) is 0.621. The normalized spacial score (nSPS) is 11.2. The highest BCUT2D eigenvalue weighted by Crippen LogP contribution is 2.27. The van der Waals surface area contributed by atoms with E-state index in [1.807, 2.05) is 32.0 Å². The Bertz CT molecular complexity index is 976. The van der Waals surface area contributed by atoms with E-state index in [2.05, 4.69) is 5.32 Å². The average molecular weight is 473 g/mol. The number of sulfonamides is 1. The number of nitrogens with one attached hydrogen (secondary N) is 1. The Kier molecular flexibility index (Phi) is 8.82. The summed E-state index contributed by atoms with van der Waals surface area (Å²) < 4.78 is 31.2. The molecule has 0 fully saturated rings. The van der Waals surface area contributed by atoms with Crippen LogP contribution in [0.3, 0.4) is 0 Å². The van der Waals surface area contributed by atoms with Crippen LogP contribution in [0.4, 0.5) is 5.69 Å². The molecule has 0 unspecified atom stereocenters. The van der Waals surface area contributed by atoms with Crippen molar-refractivity contribution in [1.29, 1.82) is 0 Å². The summed E-state index contributed by atoms with van der Waals surface area (Å²) >= 11 is 12.0. The molecule has 9 heteroatoms. The molecule has 164 valence electrons. The van der Waals surface area contributed by atoms with E-state index in [1.54, 1.807) is 0 Å². The lowest BCUT2D eigenvalue weighted by molar-refractivity contribution is -0.121. The van der Waals surface area contributed by atoms with Crippen molar-refractivity contribution >= 4 is 44.8 Å². The largest absolute Gasteiger partial charge is 0.491 e. The van der Waals surface area contributed by atoms with Crippen LogP contribution in [0, 0.1) is 13.8 Å². The summed E-state index contributed by atoms with van der Waals surface area (Å²) in [5.41, 5.74) is 2.58. The predicted molar refractivity (Wildman–Crippen MR) is 122 cm³/mol. The van der Waals surface area contributed by atoms with E-state index in [1.165, 1.54) is 22.5 Å². The minimum Gasteiger partial charge on any atom is -0.491 e. The lowest BCUT2D eigenvalue weighted by atomic mass is 10.1. The Hall–Kier alpha value is -1.96. The molecule has 0 aliphatic carbocycles. The van der Waals surface area contributed by atoms with Crippen LogP contribution in [0.5, 0.6) is 5.75 Å². The van der Waals surface area contributed by atoms with Gasteiger partial charge in [-0.25, -0.2) is 8.42 Å². The van der Waals surface area contributed by atoms with Gasteiger partial charge in [0.25, 0.3) is 0 Å². The van der Waals surface area contributed by atoms with Crippen molar-refractivity contribution in [3.05, 3.63) is 57.6 Å². The van der Waals surface area contributed by atoms with E-state index in [0.717, 1.165) is 23.1 Å². The highest BCUT2D eigenvalue weighted by molar-refractivity contribution is 7.92. The van der Waals surface area contributed by atoms with Crippen molar-refractivity contribution in [2.75, 3.05) is 30.3 Å². The Labute approximate surface area is 188 Å². The van der Waals surface area contributed by atoms with Gasteiger partial charge in [-0.2, -0.15) is 0 Å². The maximum absolute atomic E-state index is 12.1. The molecule has 0 atom stereocenters. The number of anilines is 1. The SMILES string of the molecule is Cc1ccc(OCCNC(=O)CCCN(c2cc(Cl)cc(Cl)c2)S(C)(=O)=O)c(C)c1. The molecule has 0 spiro atoms. The van der Waals surface area contributed by atoms with E-state index in [-0.39, 0.29) is 18.9 Å². The van der Waals surface area contributed by atoms with Crippen LogP contribution in [0.2, 0.25) is 10.0 Å². The third-order valence-electron chi connectivity index (χ3n) is 4.31. The second kappa shape index (κ2) is 10.9. The van der Waals surface area contributed by atoms with Crippen molar-refractivity contribution in [3.63, 3.8) is 0 Å². The highest BCUT2D eigenvalue weighted by atomic mass is 35.5. The molecule has 0 aromatic heterocycles. The number of halogens is 2. The van der Waals surface area contributed by atoms with Gasteiger partial charge in [-0.15, -0.1) is 0 Å². The first-order chi connectivity index (χ1) is 14.1. The van der Waals surface area contributed by atoms with Crippen LogP contribution in [-0.2, 0) is 14.8 Å². The monoisotopic (exact) mass is 472 g/mol. The van der Waals surface area contributed by atoms with Crippen LogP contribution < -0.4 is 14.4 Å². The highest BCUT2D eigenvalue weighted by Gasteiger charge is 2.18. The smallest absolute Gasteiger partial charge is 0.232 e. The molecule has 0 radical (unpaired) electrons. The third kappa shape index (κ3) is 7.70. The van der Waals surface area contributed by atoms with E-state index < -0.39 is 10.0 Å². The molecule has 0 aliphatic rings. The topological polar surface area (TPSA) is 75.7 Å². The lowest BCUT2D eigenvalue weighted by Crippen LogP contribution is -2.33. The summed E-state index contributed by atoms with van der Waals surface area (Å²) in [4.78, 5) is 12.1. The van der Waals surface area contributed by atoms with Crippen LogP contribution in [-0.4, -0.2) is 40.3 Å². The minimum atomic E-state index is -3.54. The first-order valence-corrected chi connectivity index (χ1v) is 12.1. The number of hydrogen-bond donors (Lipinski definition) is 1. The average Bonchev–Trinajstić information content (AvgIpc) is 2.62. The number of carbonyl (C=O) groups excluding carboxylic acids is 1. The summed E-state index contributed by atoms with van der Waals surface area (Å²) in [6, 6.07) is 10.5. The van der Waals surface area contributed by atoms with Gasteiger partial charge in [0.2, 0.25) is 15.9 Å². The Morgan fingerprint density at radius 1 is 1.10 bits per heavy atom. The predicted octanol–water partition coefficient (Wildman–Crippen LogP) is 4.35. The second-order valence-corrected chi connectivity index (χ2v) is 9.81. The second-order valence-electron chi connectivity index (χ2n) is 7.03. The van der Waals surface area contributed by atoms with Gasteiger partial charge in [0, 0.05) is 23.0 Å². The molecule has 1 N–H and O–H groups in total. The van der Waals surface area contributed by atoms with Crippen molar-refractivity contribution in [2.24, 2.45) is 0 Å². The zero-order valence-electron chi connectivity index (χ0n) is 17.2. The molecule has 1 amide bonds. The fourth-order valence-electron chi connectivity index (χ4n) is 2.95. The number of aryl methyl sites for hydroxylation is 2. The zero-order chi connectivity index (χ0) is 22.3. The van der Waals surface area contributed by atoms with E-state index in [9.17, 15) is 13.2 Å². The first kappa shape index (κ1) is 24.3. The lowest BCUT2D eigenvalue weighted by Gasteiger charge is -2.22. The molecule has 2 aromatic rings. The number of benzene rings is 2. The zero-order valence-corrected chi connectivity index (χ0v) is 19.6. The molecule has 0 bridgehead atoms. The molecule has 2 aromatic carbocycles. The van der Waals surface area contributed by atoms with Gasteiger partial charge in [-0.3, -0.25) is 9.10 Å². The number of nitrogens with zero attached hydrogens (tertiary/aromatic N) is 1. The van der Waals surface area contributed by atoms with Gasteiger partial charge in [0.05, 0.1) is 18.5 Å². The summed E-state index contributed by atoms with van der Waals surface area (Å²) in [5, 5.41) is 3.46. The Morgan fingerprint density at radius 3 is 2.37 bits per heavy atom. The number of rotatable bonds is 10. The van der Waals surface area contributed by atoms with Crippen molar-refractivity contribution < 1.29 is 17.9 Å². The fraction of sp³-hybridized carbons (Fsp3) is 0.381. The molecule has 0 saturated heterocycles. The van der Waals surface area contributed by atoms with Crippen molar-refractivity contribution in [3.8, 4) is 5.75 Å². The van der Waals surface area contributed by atoms with Crippen molar-refractivity contribution in [1.82, 2.24) is 5.32 Å². The molecular weight excluding hydrogens is 447 g/mol.